The summed E-state index contributed by atoms with van der Waals surface area (Å²) in [6, 6.07) is 8.77. The van der Waals surface area contributed by atoms with E-state index in [4.69, 9.17) is 0 Å². The zero-order valence-electron chi connectivity index (χ0n) is 10.4. The van der Waals surface area contributed by atoms with Crippen LogP contribution < -0.4 is 5.32 Å². The van der Waals surface area contributed by atoms with Crippen LogP contribution in [-0.4, -0.2) is 18.6 Å². The number of thiazole rings is 1. The topological polar surface area (TPSA) is 24.9 Å². The molecule has 2 aromatic rings. The number of aromatic nitrogens is 1. The Morgan fingerprint density at radius 2 is 2.00 bits per heavy atom. The highest BCUT2D eigenvalue weighted by molar-refractivity contribution is 7.15. The summed E-state index contributed by atoms with van der Waals surface area (Å²) in [5.41, 5.74) is 2.66. The fourth-order valence-electron chi connectivity index (χ4n) is 1.70. The molecule has 2 rings (SSSR count). The first kappa shape index (κ1) is 12.3. The van der Waals surface area contributed by atoms with E-state index in [9.17, 15) is 0 Å². The highest BCUT2D eigenvalue weighted by atomic mass is 32.1. The summed E-state index contributed by atoms with van der Waals surface area (Å²) in [4.78, 5) is 5.71. The van der Waals surface area contributed by atoms with E-state index < -0.39 is 0 Å². The van der Waals surface area contributed by atoms with Gasteiger partial charge in [-0.15, -0.1) is 11.3 Å². The number of hydrogen-bond donors (Lipinski definition) is 1. The third-order valence-corrected chi connectivity index (χ3v) is 3.90. The SMILES string of the molecule is CCc1ccc(-c2cnc(CCNC)s2)cc1. The maximum Gasteiger partial charge on any atom is 0.0943 e. The van der Waals surface area contributed by atoms with Crippen LogP contribution in [0.1, 0.15) is 17.5 Å². The molecule has 17 heavy (non-hydrogen) atoms. The first-order valence-electron chi connectivity index (χ1n) is 6.02. The van der Waals surface area contributed by atoms with E-state index in [0.29, 0.717) is 0 Å². The predicted molar refractivity (Wildman–Crippen MR) is 74.6 cm³/mol. The minimum atomic E-state index is 0.988. The molecule has 1 heterocycles. The minimum Gasteiger partial charge on any atom is -0.319 e. The monoisotopic (exact) mass is 246 g/mol. The number of nitrogens with one attached hydrogen (secondary N) is 1. The Morgan fingerprint density at radius 3 is 2.65 bits per heavy atom. The van der Waals surface area contributed by atoms with E-state index in [2.05, 4.69) is 41.5 Å². The molecule has 0 atom stereocenters. The molecule has 2 nitrogen and oxygen atoms in total. The van der Waals surface area contributed by atoms with Crippen LogP contribution in [0.3, 0.4) is 0 Å². The van der Waals surface area contributed by atoms with Crippen molar-refractivity contribution in [1.82, 2.24) is 10.3 Å². The molecule has 0 amide bonds. The Labute approximate surface area is 107 Å². The van der Waals surface area contributed by atoms with Crippen LogP contribution in [-0.2, 0) is 12.8 Å². The number of nitrogens with zero attached hydrogens (tertiary/aromatic N) is 1. The summed E-state index contributed by atoms with van der Waals surface area (Å²) in [5, 5.41) is 4.35. The highest BCUT2D eigenvalue weighted by Crippen LogP contribution is 2.26. The number of aryl methyl sites for hydroxylation is 1. The van der Waals surface area contributed by atoms with Crippen LogP contribution in [0.4, 0.5) is 0 Å². The van der Waals surface area contributed by atoms with Gasteiger partial charge in [-0.1, -0.05) is 31.2 Å². The molecule has 0 spiro atoms. The van der Waals surface area contributed by atoms with Gasteiger partial charge in [-0.2, -0.15) is 0 Å². The third-order valence-electron chi connectivity index (χ3n) is 2.79. The van der Waals surface area contributed by atoms with Crippen molar-refractivity contribution in [2.45, 2.75) is 19.8 Å². The molecule has 0 aliphatic heterocycles. The third kappa shape index (κ3) is 3.14. The molecular weight excluding hydrogens is 228 g/mol. The molecule has 0 aliphatic rings. The van der Waals surface area contributed by atoms with Gasteiger partial charge in [-0.05, 0) is 24.6 Å². The van der Waals surface area contributed by atoms with Crippen LogP contribution in [0.15, 0.2) is 30.5 Å². The van der Waals surface area contributed by atoms with Crippen molar-refractivity contribution in [3.05, 3.63) is 41.0 Å². The Balaban J connectivity index is 2.12. The van der Waals surface area contributed by atoms with Crippen LogP contribution in [0, 0.1) is 0 Å². The zero-order chi connectivity index (χ0) is 12.1. The first-order valence-corrected chi connectivity index (χ1v) is 6.83. The smallest absolute Gasteiger partial charge is 0.0943 e. The van der Waals surface area contributed by atoms with Gasteiger partial charge in [-0.3, -0.25) is 0 Å². The summed E-state index contributed by atoms with van der Waals surface area (Å²) < 4.78 is 0. The maximum absolute atomic E-state index is 4.45. The molecule has 0 saturated carbocycles. The molecule has 0 saturated heterocycles. The first-order chi connectivity index (χ1) is 8.33. The van der Waals surface area contributed by atoms with Gasteiger partial charge in [0.1, 0.15) is 0 Å². The van der Waals surface area contributed by atoms with E-state index in [1.165, 1.54) is 21.0 Å². The lowest BCUT2D eigenvalue weighted by Crippen LogP contribution is -2.09. The van der Waals surface area contributed by atoms with Crippen LogP contribution in [0.5, 0.6) is 0 Å². The average Bonchev–Trinajstić information content (AvgIpc) is 2.85. The van der Waals surface area contributed by atoms with Crippen molar-refractivity contribution in [1.29, 1.82) is 0 Å². The summed E-state index contributed by atoms with van der Waals surface area (Å²) in [5.74, 6) is 0. The minimum absolute atomic E-state index is 0.988. The Bertz CT molecular complexity index is 459. The van der Waals surface area contributed by atoms with Gasteiger partial charge in [0.15, 0.2) is 0 Å². The van der Waals surface area contributed by atoms with Gasteiger partial charge in [-0.25, -0.2) is 4.98 Å². The molecule has 0 unspecified atom stereocenters. The Morgan fingerprint density at radius 1 is 1.24 bits per heavy atom. The Kier molecular flexibility index (Phi) is 4.29. The molecule has 1 aromatic carbocycles. The standard InChI is InChI=1S/C14H18N2S/c1-3-11-4-6-12(7-5-11)13-10-16-14(17-13)8-9-15-2/h4-7,10,15H,3,8-9H2,1-2H3. The van der Waals surface area contributed by atoms with E-state index >= 15 is 0 Å². The number of rotatable bonds is 5. The molecule has 0 bridgehead atoms. The van der Waals surface area contributed by atoms with E-state index in [1.807, 2.05) is 13.2 Å². The molecule has 3 heteroatoms. The summed E-state index contributed by atoms with van der Waals surface area (Å²) in [7, 11) is 1.97. The Hall–Kier alpha value is -1.19. The lowest BCUT2D eigenvalue weighted by atomic mass is 10.1. The quantitative estimate of drug-likeness (QED) is 0.876. The number of benzene rings is 1. The van der Waals surface area contributed by atoms with Crippen LogP contribution >= 0.6 is 11.3 Å². The van der Waals surface area contributed by atoms with Crippen LogP contribution in [0.2, 0.25) is 0 Å². The summed E-state index contributed by atoms with van der Waals surface area (Å²) in [6.45, 7) is 3.17. The second-order valence-corrected chi connectivity index (χ2v) is 5.14. The lowest BCUT2D eigenvalue weighted by Gasteiger charge is -1.99. The summed E-state index contributed by atoms with van der Waals surface area (Å²) >= 11 is 1.79. The van der Waals surface area contributed by atoms with Gasteiger partial charge in [0.2, 0.25) is 0 Å². The van der Waals surface area contributed by atoms with Crippen molar-refractivity contribution >= 4 is 11.3 Å². The van der Waals surface area contributed by atoms with E-state index in [1.54, 1.807) is 11.3 Å². The van der Waals surface area contributed by atoms with Gasteiger partial charge >= 0.3 is 0 Å². The molecule has 1 N–H and O–H groups in total. The normalized spacial score (nSPS) is 10.7. The molecular formula is C14H18N2S. The van der Waals surface area contributed by atoms with Gasteiger partial charge in [0.25, 0.3) is 0 Å². The molecule has 0 fully saturated rings. The van der Waals surface area contributed by atoms with Crippen LogP contribution in [0.25, 0.3) is 10.4 Å². The average molecular weight is 246 g/mol. The van der Waals surface area contributed by atoms with Crippen molar-refractivity contribution in [3.8, 4) is 10.4 Å². The van der Waals surface area contributed by atoms with Crippen molar-refractivity contribution in [3.63, 3.8) is 0 Å². The second kappa shape index (κ2) is 5.94. The molecule has 0 radical (unpaired) electrons. The lowest BCUT2D eigenvalue weighted by molar-refractivity contribution is 0.787. The zero-order valence-corrected chi connectivity index (χ0v) is 11.2. The number of likely N-dealkylation sites (N-methyl/N-ethyl adjacent to an activating group) is 1. The van der Waals surface area contributed by atoms with Gasteiger partial charge < -0.3 is 5.32 Å². The van der Waals surface area contributed by atoms with Gasteiger partial charge in [0.05, 0.1) is 9.88 Å². The molecule has 90 valence electrons. The fraction of sp³-hybridized carbons (Fsp3) is 0.357. The largest absolute Gasteiger partial charge is 0.319 e. The maximum atomic E-state index is 4.45. The number of hydrogen-bond acceptors (Lipinski definition) is 3. The fourth-order valence-corrected chi connectivity index (χ4v) is 2.62. The predicted octanol–water partition coefficient (Wildman–Crippen LogP) is 3.13. The van der Waals surface area contributed by atoms with Crippen molar-refractivity contribution < 1.29 is 0 Å². The van der Waals surface area contributed by atoms with E-state index in [-0.39, 0.29) is 0 Å². The van der Waals surface area contributed by atoms with Crippen molar-refractivity contribution in [2.75, 3.05) is 13.6 Å². The molecule has 0 aliphatic carbocycles. The summed E-state index contributed by atoms with van der Waals surface area (Å²) in [6.07, 6.45) is 4.08. The second-order valence-electron chi connectivity index (χ2n) is 4.02. The van der Waals surface area contributed by atoms with Crippen molar-refractivity contribution in [2.24, 2.45) is 0 Å². The van der Waals surface area contributed by atoms with Gasteiger partial charge in [0, 0.05) is 19.2 Å². The highest BCUT2D eigenvalue weighted by Gasteiger charge is 2.03. The molecule has 1 aromatic heterocycles. The van der Waals surface area contributed by atoms with E-state index in [0.717, 1.165) is 19.4 Å².